The molecule has 0 radical (unpaired) electrons. The summed E-state index contributed by atoms with van der Waals surface area (Å²) in [6.07, 6.45) is -0.475. The third-order valence-corrected chi connectivity index (χ3v) is 3.99. The van der Waals surface area contributed by atoms with E-state index >= 15 is 0 Å². The highest BCUT2D eigenvalue weighted by Gasteiger charge is 2.34. The maximum atomic E-state index is 13.8. The molecule has 110 valence electrons. The highest BCUT2D eigenvalue weighted by atomic mass is 19.2. The highest BCUT2D eigenvalue weighted by Crippen LogP contribution is 2.31. The topological polar surface area (TPSA) is 21.3 Å². The van der Waals surface area contributed by atoms with Crippen LogP contribution in [0.5, 0.6) is 0 Å². The minimum absolute atomic E-state index is 0.262. The Hall–Kier alpha value is -1.78. The summed E-state index contributed by atoms with van der Waals surface area (Å²) in [7, 11) is 0. The maximum Gasteiger partial charge on any atom is 0.164 e. The molecule has 2 aromatic rings. The van der Waals surface area contributed by atoms with Crippen LogP contribution in [-0.4, -0.2) is 13.2 Å². The third kappa shape index (κ3) is 2.69. The molecule has 0 bridgehead atoms. The molecule has 0 amide bonds. The van der Waals surface area contributed by atoms with E-state index in [2.05, 4.69) is 5.32 Å². The standard InChI is InChI=1S/C17H17F2NO/c1-17(12-6-3-2-4-7-12)11-21-15(10-20-17)13-8-5-9-14(18)16(13)19/h2-9,15,20H,10-11H2,1H3. The average molecular weight is 289 g/mol. The van der Waals surface area contributed by atoms with Gasteiger partial charge in [0.25, 0.3) is 0 Å². The summed E-state index contributed by atoms with van der Waals surface area (Å²) in [5, 5.41) is 3.39. The van der Waals surface area contributed by atoms with Crippen molar-refractivity contribution in [2.75, 3.05) is 13.2 Å². The van der Waals surface area contributed by atoms with Gasteiger partial charge in [-0.25, -0.2) is 8.78 Å². The average Bonchev–Trinajstić information content (AvgIpc) is 2.52. The Bertz CT molecular complexity index is 622. The van der Waals surface area contributed by atoms with Gasteiger partial charge in [0, 0.05) is 12.1 Å². The minimum atomic E-state index is -0.840. The Morgan fingerprint density at radius 3 is 2.52 bits per heavy atom. The summed E-state index contributed by atoms with van der Waals surface area (Å²) in [6.45, 7) is 2.88. The van der Waals surface area contributed by atoms with Gasteiger partial charge in [-0.05, 0) is 18.6 Å². The van der Waals surface area contributed by atoms with Gasteiger partial charge >= 0.3 is 0 Å². The van der Waals surface area contributed by atoms with Crippen molar-refractivity contribution >= 4 is 0 Å². The summed E-state index contributed by atoms with van der Waals surface area (Å²) in [5.74, 6) is -1.67. The molecule has 0 spiro atoms. The molecule has 0 aromatic heterocycles. The zero-order valence-corrected chi connectivity index (χ0v) is 11.8. The van der Waals surface area contributed by atoms with Gasteiger partial charge in [0.1, 0.15) is 0 Å². The van der Waals surface area contributed by atoms with Gasteiger partial charge in [-0.15, -0.1) is 0 Å². The Morgan fingerprint density at radius 1 is 1.10 bits per heavy atom. The van der Waals surface area contributed by atoms with E-state index in [0.717, 1.165) is 11.6 Å². The van der Waals surface area contributed by atoms with Crippen LogP contribution in [0.4, 0.5) is 8.78 Å². The molecule has 1 heterocycles. The summed E-state index contributed by atoms with van der Waals surface area (Å²) < 4.78 is 32.9. The van der Waals surface area contributed by atoms with Crippen LogP contribution < -0.4 is 5.32 Å². The molecule has 2 aromatic carbocycles. The second kappa shape index (κ2) is 5.54. The van der Waals surface area contributed by atoms with Gasteiger partial charge in [-0.3, -0.25) is 0 Å². The van der Waals surface area contributed by atoms with Crippen molar-refractivity contribution < 1.29 is 13.5 Å². The van der Waals surface area contributed by atoms with Gasteiger partial charge in [-0.1, -0.05) is 42.5 Å². The molecule has 1 saturated heterocycles. The molecule has 4 heteroatoms. The number of rotatable bonds is 2. The molecule has 1 fully saturated rings. The van der Waals surface area contributed by atoms with E-state index in [-0.39, 0.29) is 11.1 Å². The fraction of sp³-hybridized carbons (Fsp3) is 0.294. The number of nitrogens with one attached hydrogen (secondary N) is 1. The van der Waals surface area contributed by atoms with E-state index in [1.807, 2.05) is 37.3 Å². The number of morpholine rings is 1. The fourth-order valence-electron chi connectivity index (χ4n) is 2.66. The van der Waals surface area contributed by atoms with Crippen LogP contribution in [0.1, 0.15) is 24.2 Å². The van der Waals surface area contributed by atoms with Crippen LogP contribution in [0.25, 0.3) is 0 Å². The molecular weight excluding hydrogens is 272 g/mol. The van der Waals surface area contributed by atoms with E-state index in [9.17, 15) is 8.78 Å². The van der Waals surface area contributed by atoms with Crippen molar-refractivity contribution in [2.24, 2.45) is 0 Å². The van der Waals surface area contributed by atoms with Crippen LogP contribution in [0, 0.1) is 11.6 Å². The molecule has 2 atom stereocenters. The zero-order chi connectivity index (χ0) is 14.9. The Labute approximate surface area is 122 Å². The summed E-state index contributed by atoms with van der Waals surface area (Å²) in [6, 6.07) is 14.1. The molecule has 21 heavy (non-hydrogen) atoms. The fourth-order valence-corrected chi connectivity index (χ4v) is 2.66. The molecular formula is C17H17F2NO. The summed E-state index contributed by atoms with van der Waals surface area (Å²) >= 11 is 0. The minimum Gasteiger partial charge on any atom is -0.370 e. The van der Waals surface area contributed by atoms with Crippen LogP contribution in [0.2, 0.25) is 0 Å². The van der Waals surface area contributed by atoms with Crippen molar-refractivity contribution in [3.05, 3.63) is 71.3 Å². The Kier molecular flexibility index (Phi) is 3.74. The maximum absolute atomic E-state index is 13.8. The van der Waals surface area contributed by atoms with Crippen molar-refractivity contribution in [2.45, 2.75) is 18.6 Å². The molecule has 0 saturated carbocycles. The molecule has 1 N–H and O–H groups in total. The van der Waals surface area contributed by atoms with Gasteiger partial charge in [-0.2, -0.15) is 0 Å². The monoisotopic (exact) mass is 289 g/mol. The van der Waals surface area contributed by atoms with Crippen LogP contribution in [0.3, 0.4) is 0 Å². The normalized spacial score (nSPS) is 25.8. The van der Waals surface area contributed by atoms with Gasteiger partial charge in [0.15, 0.2) is 11.6 Å². The molecule has 2 nitrogen and oxygen atoms in total. The van der Waals surface area contributed by atoms with Gasteiger partial charge in [0.05, 0.1) is 18.2 Å². The molecule has 2 unspecified atom stereocenters. The molecule has 3 rings (SSSR count). The first-order chi connectivity index (χ1) is 10.1. The first-order valence-corrected chi connectivity index (χ1v) is 6.96. The van der Waals surface area contributed by atoms with Gasteiger partial charge in [0.2, 0.25) is 0 Å². The van der Waals surface area contributed by atoms with Crippen molar-refractivity contribution in [3.8, 4) is 0 Å². The largest absolute Gasteiger partial charge is 0.370 e. The molecule has 1 aliphatic rings. The first kappa shape index (κ1) is 14.2. The smallest absolute Gasteiger partial charge is 0.164 e. The molecule has 0 aliphatic carbocycles. The van der Waals surface area contributed by atoms with E-state index in [4.69, 9.17) is 4.74 Å². The summed E-state index contributed by atoms with van der Waals surface area (Å²) in [4.78, 5) is 0. The molecule has 1 aliphatic heterocycles. The first-order valence-electron chi connectivity index (χ1n) is 6.96. The lowest BCUT2D eigenvalue weighted by Gasteiger charge is -2.39. The van der Waals surface area contributed by atoms with E-state index in [0.29, 0.717) is 13.2 Å². The van der Waals surface area contributed by atoms with Crippen molar-refractivity contribution in [1.29, 1.82) is 0 Å². The van der Waals surface area contributed by atoms with Crippen molar-refractivity contribution in [1.82, 2.24) is 5.32 Å². The SMILES string of the molecule is CC1(c2ccccc2)COC(c2cccc(F)c2F)CN1. The highest BCUT2D eigenvalue weighted by molar-refractivity contribution is 5.26. The van der Waals surface area contributed by atoms with Crippen molar-refractivity contribution in [3.63, 3.8) is 0 Å². The Balaban J connectivity index is 1.78. The second-order valence-electron chi connectivity index (χ2n) is 5.52. The number of hydrogen-bond donors (Lipinski definition) is 1. The Morgan fingerprint density at radius 2 is 1.86 bits per heavy atom. The van der Waals surface area contributed by atoms with Gasteiger partial charge < -0.3 is 10.1 Å². The lowest BCUT2D eigenvalue weighted by atomic mass is 9.90. The lowest BCUT2D eigenvalue weighted by molar-refractivity contribution is -0.0325. The lowest BCUT2D eigenvalue weighted by Crippen LogP contribution is -2.50. The van der Waals surface area contributed by atoms with E-state index in [1.54, 1.807) is 6.07 Å². The quantitative estimate of drug-likeness (QED) is 0.913. The van der Waals surface area contributed by atoms with Crippen LogP contribution >= 0.6 is 0 Å². The predicted octanol–water partition coefficient (Wildman–Crippen LogP) is 3.54. The number of ether oxygens (including phenoxy) is 1. The predicted molar refractivity (Wildman–Crippen MR) is 76.8 cm³/mol. The summed E-state index contributed by atoms with van der Waals surface area (Å²) in [5.41, 5.74) is 1.06. The number of benzene rings is 2. The zero-order valence-electron chi connectivity index (χ0n) is 11.8. The second-order valence-corrected chi connectivity index (χ2v) is 5.52. The number of halogens is 2. The van der Waals surface area contributed by atoms with E-state index < -0.39 is 17.7 Å². The van der Waals surface area contributed by atoms with Crippen LogP contribution in [-0.2, 0) is 10.3 Å². The van der Waals surface area contributed by atoms with Crippen LogP contribution in [0.15, 0.2) is 48.5 Å². The third-order valence-electron chi connectivity index (χ3n) is 3.99. The van der Waals surface area contributed by atoms with E-state index in [1.165, 1.54) is 6.07 Å². The number of hydrogen-bond acceptors (Lipinski definition) is 2.